The molecule has 126 valence electrons. The molecule has 0 aliphatic rings. The van der Waals surface area contributed by atoms with Crippen LogP contribution in [0.2, 0.25) is 0 Å². The molecular formula is C19H19N5O. The van der Waals surface area contributed by atoms with Crippen molar-refractivity contribution in [3.8, 4) is 0 Å². The predicted molar refractivity (Wildman–Crippen MR) is 95.2 cm³/mol. The van der Waals surface area contributed by atoms with Crippen molar-refractivity contribution in [1.82, 2.24) is 24.7 Å². The molecule has 0 spiro atoms. The predicted octanol–water partition coefficient (Wildman–Crippen LogP) is 3.10. The molecule has 1 unspecified atom stereocenters. The monoisotopic (exact) mass is 333 g/mol. The van der Waals surface area contributed by atoms with E-state index >= 15 is 0 Å². The first-order chi connectivity index (χ1) is 12.2. The fourth-order valence-electron chi connectivity index (χ4n) is 2.96. The standard InChI is InChI=1S/C19H19N5O/c1-14(2)25-24-18-9-8-16(12-17(18)21-22-24)19(23-11-10-20-13-23)15-6-4-3-5-7-15/h3-14,19H,1-2H3. The fraction of sp³-hybridized carbons (Fsp3) is 0.211. The Morgan fingerprint density at radius 2 is 1.84 bits per heavy atom. The lowest BCUT2D eigenvalue weighted by Crippen LogP contribution is -2.20. The van der Waals surface area contributed by atoms with Crippen LogP contribution in [-0.2, 0) is 0 Å². The van der Waals surface area contributed by atoms with Gasteiger partial charge in [-0.05, 0) is 42.3 Å². The second-order valence-corrected chi connectivity index (χ2v) is 6.19. The minimum Gasteiger partial charge on any atom is -0.392 e. The summed E-state index contributed by atoms with van der Waals surface area (Å²) in [6.07, 6.45) is 5.63. The van der Waals surface area contributed by atoms with Gasteiger partial charge in [-0.25, -0.2) is 4.98 Å². The molecule has 0 saturated carbocycles. The summed E-state index contributed by atoms with van der Waals surface area (Å²) in [6, 6.07) is 16.5. The number of benzene rings is 2. The molecule has 0 saturated heterocycles. The van der Waals surface area contributed by atoms with Crippen LogP contribution < -0.4 is 4.84 Å². The van der Waals surface area contributed by atoms with Gasteiger partial charge in [0, 0.05) is 12.4 Å². The third-order valence-electron chi connectivity index (χ3n) is 4.00. The summed E-state index contributed by atoms with van der Waals surface area (Å²) < 4.78 is 2.09. The van der Waals surface area contributed by atoms with Gasteiger partial charge in [-0.1, -0.05) is 41.2 Å². The van der Waals surface area contributed by atoms with Crippen LogP contribution >= 0.6 is 0 Å². The second kappa shape index (κ2) is 6.39. The van der Waals surface area contributed by atoms with Crippen LogP contribution in [0, 0.1) is 0 Å². The van der Waals surface area contributed by atoms with E-state index in [1.165, 1.54) is 10.4 Å². The summed E-state index contributed by atoms with van der Waals surface area (Å²) >= 11 is 0. The summed E-state index contributed by atoms with van der Waals surface area (Å²) in [7, 11) is 0. The van der Waals surface area contributed by atoms with Gasteiger partial charge in [0.25, 0.3) is 0 Å². The maximum absolute atomic E-state index is 5.65. The van der Waals surface area contributed by atoms with Crippen molar-refractivity contribution in [2.24, 2.45) is 0 Å². The maximum atomic E-state index is 5.65. The highest BCUT2D eigenvalue weighted by Crippen LogP contribution is 2.28. The largest absolute Gasteiger partial charge is 0.392 e. The van der Waals surface area contributed by atoms with E-state index in [0.29, 0.717) is 0 Å². The first-order valence-corrected chi connectivity index (χ1v) is 8.27. The molecule has 25 heavy (non-hydrogen) atoms. The molecule has 0 aliphatic carbocycles. The Labute approximate surface area is 145 Å². The zero-order valence-electron chi connectivity index (χ0n) is 14.1. The number of aromatic nitrogens is 5. The molecule has 2 aromatic heterocycles. The summed E-state index contributed by atoms with van der Waals surface area (Å²) in [5.74, 6) is 0. The van der Waals surface area contributed by atoms with E-state index in [-0.39, 0.29) is 12.1 Å². The van der Waals surface area contributed by atoms with Gasteiger partial charge in [0.1, 0.15) is 17.1 Å². The lowest BCUT2D eigenvalue weighted by atomic mass is 9.98. The highest BCUT2D eigenvalue weighted by atomic mass is 16.7. The molecule has 0 fully saturated rings. The number of fused-ring (bicyclic) bond motifs is 1. The molecule has 0 amide bonds. The SMILES string of the molecule is CC(C)On1nnc2cc(C(c3ccccc3)n3ccnc3)ccc21. The van der Waals surface area contributed by atoms with E-state index in [1.807, 2.05) is 50.6 Å². The van der Waals surface area contributed by atoms with Crippen molar-refractivity contribution in [3.05, 3.63) is 78.4 Å². The average molecular weight is 333 g/mol. The van der Waals surface area contributed by atoms with Gasteiger partial charge < -0.3 is 9.40 Å². The van der Waals surface area contributed by atoms with Crippen molar-refractivity contribution in [2.75, 3.05) is 0 Å². The summed E-state index contributed by atoms with van der Waals surface area (Å²) in [5, 5.41) is 8.35. The molecule has 4 rings (SSSR count). The fourth-order valence-corrected chi connectivity index (χ4v) is 2.96. The lowest BCUT2D eigenvalue weighted by molar-refractivity contribution is 0.0408. The Kier molecular flexibility index (Phi) is 3.93. The van der Waals surface area contributed by atoms with Crippen molar-refractivity contribution >= 4 is 11.0 Å². The summed E-state index contributed by atoms with van der Waals surface area (Å²) in [6.45, 7) is 3.93. The van der Waals surface area contributed by atoms with Crippen LogP contribution in [0.5, 0.6) is 0 Å². The van der Waals surface area contributed by atoms with Crippen LogP contribution in [-0.4, -0.2) is 30.8 Å². The smallest absolute Gasteiger partial charge is 0.130 e. The molecule has 1 atom stereocenters. The molecule has 2 aromatic carbocycles. The van der Waals surface area contributed by atoms with Crippen LogP contribution in [0.1, 0.15) is 31.0 Å². The number of hydrogen-bond acceptors (Lipinski definition) is 4. The van der Waals surface area contributed by atoms with Gasteiger partial charge in [-0.2, -0.15) is 0 Å². The molecule has 4 aromatic rings. The highest BCUT2D eigenvalue weighted by molar-refractivity contribution is 5.75. The molecule has 0 aliphatic heterocycles. The minimum absolute atomic E-state index is 0.0317. The molecule has 0 N–H and O–H groups in total. The van der Waals surface area contributed by atoms with Gasteiger partial charge in [0.15, 0.2) is 0 Å². The van der Waals surface area contributed by atoms with E-state index in [1.54, 1.807) is 6.20 Å². The van der Waals surface area contributed by atoms with E-state index in [0.717, 1.165) is 16.6 Å². The van der Waals surface area contributed by atoms with Crippen molar-refractivity contribution in [1.29, 1.82) is 0 Å². The van der Waals surface area contributed by atoms with Crippen molar-refractivity contribution in [3.63, 3.8) is 0 Å². The van der Waals surface area contributed by atoms with Crippen LogP contribution in [0.15, 0.2) is 67.3 Å². The Balaban J connectivity index is 1.80. The Morgan fingerprint density at radius 3 is 2.56 bits per heavy atom. The van der Waals surface area contributed by atoms with Crippen molar-refractivity contribution in [2.45, 2.75) is 26.0 Å². The van der Waals surface area contributed by atoms with Gasteiger partial charge in [0.2, 0.25) is 0 Å². The normalized spacial score (nSPS) is 12.6. The second-order valence-electron chi connectivity index (χ2n) is 6.19. The van der Waals surface area contributed by atoms with Gasteiger partial charge >= 0.3 is 0 Å². The third kappa shape index (κ3) is 2.98. The number of nitrogens with zero attached hydrogens (tertiary/aromatic N) is 5. The minimum atomic E-state index is 0.0317. The van der Waals surface area contributed by atoms with Crippen LogP contribution in [0.4, 0.5) is 0 Å². The summed E-state index contributed by atoms with van der Waals surface area (Å²) in [5.41, 5.74) is 3.97. The van der Waals surface area contributed by atoms with E-state index < -0.39 is 0 Å². The molecule has 0 radical (unpaired) electrons. The first kappa shape index (κ1) is 15.4. The van der Waals surface area contributed by atoms with E-state index in [4.69, 9.17) is 4.84 Å². The van der Waals surface area contributed by atoms with Crippen molar-refractivity contribution < 1.29 is 4.84 Å². The van der Waals surface area contributed by atoms with Crippen LogP contribution in [0.25, 0.3) is 11.0 Å². The van der Waals surface area contributed by atoms with Gasteiger partial charge in [0.05, 0.1) is 12.4 Å². The zero-order valence-corrected chi connectivity index (χ0v) is 14.1. The topological polar surface area (TPSA) is 57.8 Å². The number of imidazole rings is 1. The molecule has 0 bridgehead atoms. The zero-order chi connectivity index (χ0) is 17.2. The van der Waals surface area contributed by atoms with Crippen LogP contribution in [0.3, 0.4) is 0 Å². The maximum Gasteiger partial charge on any atom is 0.130 e. The number of hydrogen-bond donors (Lipinski definition) is 0. The molecule has 6 heteroatoms. The lowest BCUT2D eigenvalue weighted by Gasteiger charge is -2.19. The average Bonchev–Trinajstić information content (AvgIpc) is 3.26. The van der Waals surface area contributed by atoms with Gasteiger partial charge in [-0.15, -0.1) is 5.10 Å². The Hall–Kier alpha value is -3.15. The Morgan fingerprint density at radius 1 is 1.00 bits per heavy atom. The third-order valence-corrected chi connectivity index (χ3v) is 4.00. The summed E-state index contributed by atoms with van der Waals surface area (Å²) in [4.78, 5) is 11.3. The quantitative estimate of drug-likeness (QED) is 0.563. The molecule has 6 nitrogen and oxygen atoms in total. The number of rotatable bonds is 5. The first-order valence-electron chi connectivity index (χ1n) is 8.27. The van der Waals surface area contributed by atoms with E-state index in [2.05, 4.69) is 44.1 Å². The van der Waals surface area contributed by atoms with E-state index in [9.17, 15) is 0 Å². The Bertz CT molecular complexity index is 960. The highest BCUT2D eigenvalue weighted by Gasteiger charge is 2.17. The van der Waals surface area contributed by atoms with Gasteiger partial charge in [-0.3, -0.25) is 0 Å². The molecule has 2 heterocycles. The molecular weight excluding hydrogens is 314 g/mol.